The maximum absolute atomic E-state index is 11.5. The van der Waals surface area contributed by atoms with E-state index in [9.17, 15) is 4.79 Å². The van der Waals surface area contributed by atoms with Gasteiger partial charge in [-0.1, -0.05) is 0 Å². The molecule has 0 fully saturated rings. The van der Waals surface area contributed by atoms with E-state index in [1.807, 2.05) is 19.1 Å². The van der Waals surface area contributed by atoms with Crippen molar-refractivity contribution in [3.05, 3.63) is 27.5 Å². The molecule has 0 amide bonds. The van der Waals surface area contributed by atoms with Gasteiger partial charge in [-0.05, 0) is 35.0 Å². The number of hydrogen-bond donors (Lipinski definition) is 0. The normalized spacial score (nSPS) is 10.4. The van der Waals surface area contributed by atoms with E-state index in [-0.39, 0.29) is 5.69 Å². The zero-order valence-corrected chi connectivity index (χ0v) is 11.0. The number of carbonyl (C=O) groups excluding carboxylic acids is 1. The molecule has 0 atom stereocenters. The molecule has 0 spiro atoms. The fraction of sp³-hybridized carbons (Fsp3) is 0.200. The lowest BCUT2D eigenvalue weighted by Gasteiger charge is -1.96. The van der Waals surface area contributed by atoms with E-state index in [2.05, 4.69) is 25.7 Å². The van der Waals surface area contributed by atoms with Crippen LogP contribution in [-0.4, -0.2) is 18.1 Å². The molecule has 6 heteroatoms. The van der Waals surface area contributed by atoms with E-state index < -0.39 is 5.97 Å². The second-order valence-electron chi connectivity index (χ2n) is 3.05. The highest BCUT2D eigenvalue weighted by molar-refractivity contribution is 9.11. The van der Waals surface area contributed by atoms with Crippen LogP contribution in [0.5, 0.6) is 0 Å². The van der Waals surface area contributed by atoms with Crippen molar-refractivity contribution in [3.8, 4) is 10.6 Å². The van der Waals surface area contributed by atoms with Gasteiger partial charge in [0.15, 0.2) is 9.61 Å². The van der Waals surface area contributed by atoms with Crippen LogP contribution in [0.1, 0.15) is 16.2 Å². The second kappa shape index (κ2) is 4.39. The van der Waals surface area contributed by atoms with Gasteiger partial charge in [-0.25, -0.2) is 9.78 Å². The van der Waals surface area contributed by atoms with E-state index in [0.717, 1.165) is 5.76 Å². The third kappa shape index (κ3) is 2.03. The lowest BCUT2D eigenvalue weighted by atomic mass is 10.3. The largest absolute Gasteiger partial charge is 0.464 e. The van der Waals surface area contributed by atoms with Crippen LogP contribution in [0.25, 0.3) is 10.6 Å². The lowest BCUT2D eigenvalue weighted by Crippen LogP contribution is -2.02. The molecule has 0 saturated carbocycles. The zero-order valence-electron chi connectivity index (χ0n) is 8.61. The van der Waals surface area contributed by atoms with Crippen molar-refractivity contribution in [1.82, 2.24) is 4.98 Å². The number of ether oxygens (including phenoxy) is 1. The number of methoxy groups -OCH3 is 1. The van der Waals surface area contributed by atoms with Gasteiger partial charge in [0.05, 0.1) is 7.11 Å². The fourth-order valence-electron chi connectivity index (χ4n) is 1.25. The van der Waals surface area contributed by atoms with E-state index >= 15 is 0 Å². The third-order valence-electron chi connectivity index (χ3n) is 1.94. The molecule has 0 bridgehead atoms. The molecule has 0 aliphatic heterocycles. The molecule has 2 aromatic rings. The molecule has 0 unspecified atom stereocenters. The highest BCUT2D eigenvalue weighted by atomic mass is 79.9. The second-order valence-corrected chi connectivity index (χ2v) is 5.32. The highest BCUT2D eigenvalue weighted by Crippen LogP contribution is 2.34. The number of furan rings is 1. The number of hydrogen-bond acceptors (Lipinski definition) is 5. The van der Waals surface area contributed by atoms with Crippen molar-refractivity contribution in [3.63, 3.8) is 0 Å². The summed E-state index contributed by atoms with van der Waals surface area (Å²) in [6.07, 6.45) is 0. The van der Waals surface area contributed by atoms with Gasteiger partial charge in [0.25, 0.3) is 0 Å². The molecular weight excluding hydrogens is 294 g/mol. The summed E-state index contributed by atoms with van der Waals surface area (Å²) in [4.78, 5) is 16.2. The summed E-state index contributed by atoms with van der Waals surface area (Å²) in [6.45, 7) is 1.84. The van der Waals surface area contributed by atoms with E-state index in [4.69, 9.17) is 4.42 Å². The van der Waals surface area contributed by atoms with Crippen LogP contribution >= 0.6 is 27.3 Å². The molecule has 0 aliphatic rings. The molecule has 2 heterocycles. The van der Waals surface area contributed by atoms with Crippen LogP contribution in [0.2, 0.25) is 0 Å². The molecule has 16 heavy (non-hydrogen) atoms. The zero-order chi connectivity index (χ0) is 11.7. The van der Waals surface area contributed by atoms with Gasteiger partial charge >= 0.3 is 5.97 Å². The summed E-state index contributed by atoms with van der Waals surface area (Å²) in [5, 5.41) is 0. The summed E-state index contributed by atoms with van der Waals surface area (Å²) in [5.74, 6) is 0.947. The average Bonchev–Trinajstić information content (AvgIpc) is 2.83. The maximum Gasteiger partial charge on any atom is 0.358 e. The first-order valence-corrected chi connectivity index (χ1v) is 6.04. The third-order valence-corrected chi connectivity index (χ3v) is 3.47. The summed E-state index contributed by atoms with van der Waals surface area (Å²) in [6, 6.07) is 3.64. The van der Waals surface area contributed by atoms with Crippen LogP contribution < -0.4 is 0 Å². The van der Waals surface area contributed by atoms with Crippen LogP contribution in [0.15, 0.2) is 20.5 Å². The number of carbonyl (C=O) groups is 1. The number of aromatic nitrogens is 1. The molecule has 0 saturated heterocycles. The van der Waals surface area contributed by atoms with Gasteiger partial charge in [-0.2, -0.15) is 0 Å². The van der Waals surface area contributed by atoms with Gasteiger partial charge in [0, 0.05) is 0 Å². The molecule has 0 radical (unpaired) electrons. The van der Waals surface area contributed by atoms with E-state index in [1.54, 1.807) is 0 Å². The van der Waals surface area contributed by atoms with Crippen molar-refractivity contribution in [2.75, 3.05) is 7.11 Å². The molecule has 0 aromatic carbocycles. The van der Waals surface area contributed by atoms with Gasteiger partial charge in [-0.3, -0.25) is 0 Å². The standard InChI is InChI=1S/C10H8BrNO3S/c1-5-3-4-6(15-5)8-7(9(13)14-2)12-10(11)16-8/h3-4H,1-2H3. The number of nitrogens with zero attached hydrogens (tertiary/aromatic N) is 1. The number of aryl methyl sites for hydroxylation is 1. The predicted molar refractivity (Wildman–Crippen MR) is 63.6 cm³/mol. The van der Waals surface area contributed by atoms with Gasteiger partial charge in [0.2, 0.25) is 0 Å². The van der Waals surface area contributed by atoms with Crippen molar-refractivity contribution in [2.45, 2.75) is 6.92 Å². The van der Waals surface area contributed by atoms with Crippen LogP contribution in [0.3, 0.4) is 0 Å². The van der Waals surface area contributed by atoms with Gasteiger partial charge in [0.1, 0.15) is 16.4 Å². The number of esters is 1. The molecule has 0 aliphatic carbocycles. The SMILES string of the molecule is COC(=O)c1nc(Br)sc1-c1ccc(C)o1. The van der Waals surface area contributed by atoms with Crippen molar-refractivity contribution in [1.29, 1.82) is 0 Å². The number of thiazole rings is 1. The Kier molecular flexibility index (Phi) is 3.11. The van der Waals surface area contributed by atoms with Crippen molar-refractivity contribution >= 4 is 33.2 Å². The fourth-order valence-corrected chi connectivity index (χ4v) is 2.66. The Balaban J connectivity index is 2.52. The minimum absolute atomic E-state index is 0.272. The molecule has 84 valence electrons. The predicted octanol–water partition coefficient (Wildman–Crippen LogP) is 3.26. The Morgan fingerprint density at radius 2 is 2.31 bits per heavy atom. The van der Waals surface area contributed by atoms with Crippen molar-refractivity contribution in [2.24, 2.45) is 0 Å². The molecule has 0 N–H and O–H groups in total. The van der Waals surface area contributed by atoms with Gasteiger partial charge < -0.3 is 9.15 Å². The van der Waals surface area contributed by atoms with Crippen LogP contribution in [-0.2, 0) is 4.74 Å². The summed E-state index contributed by atoms with van der Waals surface area (Å²) >= 11 is 4.58. The molecular formula is C10H8BrNO3S. The smallest absolute Gasteiger partial charge is 0.358 e. The minimum atomic E-state index is -0.467. The maximum atomic E-state index is 11.5. The Morgan fingerprint density at radius 3 is 2.88 bits per heavy atom. The van der Waals surface area contributed by atoms with Crippen LogP contribution in [0, 0.1) is 6.92 Å². The molecule has 2 aromatic heterocycles. The minimum Gasteiger partial charge on any atom is -0.464 e. The Bertz CT molecular complexity index is 532. The number of halogens is 1. The van der Waals surface area contributed by atoms with Gasteiger partial charge in [-0.15, -0.1) is 11.3 Å². The first-order chi connectivity index (χ1) is 7.61. The summed E-state index contributed by atoms with van der Waals surface area (Å²) in [5.41, 5.74) is 0.272. The lowest BCUT2D eigenvalue weighted by molar-refractivity contribution is 0.0595. The van der Waals surface area contributed by atoms with Crippen molar-refractivity contribution < 1.29 is 13.9 Å². The Hall–Kier alpha value is -1.14. The summed E-state index contributed by atoms with van der Waals surface area (Å²) in [7, 11) is 1.33. The molecule has 2 rings (SSSR count). The Labute approximate surface area is 104 Å². The quantitative estimate of drug-likeness (QED) is 0.799. The topological polar surface area (TPSA) is 52.3 Å². The molecule has 4 nitrogen and oxygen atoms in total. The van der Waals surface area contributed by atoms with E-state index in [1.165, 1.54) is 18.4 Å². The monoisotopic (exact) mass is 301 g/mol. The Morgan fingerprint density at radius 1 is 1.56 bits per heavy atom. The number of rotatable bonds is 2. The summed E-state index contributed by atoms with van der Waals surface area (Å²) < 4.78 is 10.7. The first kappa shape index (κ1) is 11.3. The highest BCUT2D eigenvalue weighted by Gasteiger charge is 2.21. The first-order valence-electron chi connectivity index (χ1n) is 4.43. The van der Waals surface area contributed by atoms with Crippen LogP contribution in [0.4, 0.5) is 0 Å². The average molecular weight is 302 g/mol. The van der Waals surface area contributed by atoms with E-state index in [0.29, 0.717) is 14.6 Å².